The Hall–Kier alpha value is -2.63. The summed E-state index contributed by atoms with van der Waals surface area (Å²) in [5.41, 5.74) is 4.68. The van der Waals surface area contributed by atoms with Crippen molar-refractivity contribution in [2.24, 2.45) is 0 Å². The Balaban J connectivity index is 1.34. The summed E-state index contributed by atoms with van der Waals surface area (Å²) in [6.45, 7) is 8.42. The van der Waals surface area contributed by atoms with Gasteiger partial charge in [0.05, 0.1) is 0 Å². The molecule has 0 radical (unpaired) electrons. The van der Waals surface area contributed by atoms with Gasteiger partial charge in [-0.05, 0) is 42.6 Å². The average molecular weight is 391 g/mol. The van der Waals surface area contributed by atoms with E-state index < -0.39 is 0 Å². The van der Waals surface area contributed by atoms with Gasteiger partial charge in [-0.25, -0.2) is 0 Å². The van der Waals surface area contributed by atoms with E-state index in [1.165, 1.54) is 10.9 Å². The highest BCUT2D eigenvalue weighted by molar-refractivity contribution is 5.84. The zero-order valence-corrected chi connectivity index (χ0v) is 17.4. The molecule has 0 spiro atoms. The van der Waals surface area contributed by atoms with Gasteiger partial charge < -0.3 is 14.8 Å². The summed E-state index contributed by atoms with van der Waals surface area (Å²) in [6.07, 6.45) is 0. The van der Waals surface area contributed by atoms with Crippen molar-refractivity contribution < 1.29 is 4.79 Å². The van der Waals surface area contributed by atoms with E-state index in [0.29, 0.717) is 13.1 Å². The molecule has 5 heteroatoms. The molecule has 1 fully saturated rings. The predicted molar refractivity (Wildman–Crippen MR) is 118 cm³/mol. The number of carbonyl (C=O) groups is 1. The normalized spacial score (nSPS) is 15.7. The number of piperazine rings is 1. The third kappa shape index (κ3) is 4.86. The van der Waals surface area contributed by atoms with E-state index >= 15 is 0 Å². The molecule has 0 saturated carbocycles. The van der Waals surface area contributed by atoms with Crippen LogP contribution in [-0.4, -0.2) is 53.5 Å². The van der Waals surface area contributed by atoms with Gasteiger partial charge >= 0.3 is 0 Å². The predicted octanol–water partition coefficient (Wildman–Crippen LogP) is 3.01. The maximum atomic E-state index is 12.6. The van der Waals surface area contributed by atoms with Crippen molar-refractivity contribution in [2.45, 2.75) is 26.6 Å². The molecule has 4 rings (SSSR count). The smallest absolute Gasteiger partial charge is 0.240 e. The van der Waals surface area contributed by atoms with Crippen LogP contribution >= 0.6 is 0 Å². The molecular weight excluding hydrogens is 360 g/mol. The van der Waals surface area contributed by atoms with Crippen molar-refractivity contribution in [1.82, 2.24) is 19.7 Å². The molecule has 1 amide bonds. The van der Waals surface area contributed by atoms with Crippen LogP contribution in [0.3, 0.4) is 0 Å². The molecule has 1 aromatic heterocycles. The van der Waals surface area contributed by atoms with Gasteiger partial charge in [0.1, 0.15) is 6.54 Å². The number of hydrogen-bond acceptors (Lipinski definition) is 3. The maximum Gasteiger partial charge on any atom is 0.240 e. The van der Waals surface area contributed by atoms with E-state index in [4.69, 9.17) is 0 Å². The molecule has 29 heavy (non-hydrogen) atoms. The van der Waals surface area contributed by atoms with Crippen molar-refractivity contribution in [3.8, 4) is 0 Å². The molecule has 0 aliphatic carbocycles. The van der Waals surface area contributed by atoms with E-state index in [1.54, 1.807) is 0 Å². The number of rotatable bonds is 6. The minimum atomic E-state index is 0.0407. The lowest BCUT2D eigenvalue weighted by atomic mass is 10.1. The van der Waals surface area contributed by atoms with Gasteiger partial charge in [0.25, 0.3) is 0 Å². The zero-order chi connectivity index (χ0) is 20.2. The van der Waals surface area contributed by atoms with Crippen LogP contribution in [0.2, 0.25) is 0 Å². The molecule has 1 saturated heterocycles. The fourth-order valence-corrected chi connectivity index (χ4v) is 4.06. The molecule has 0 bridgehead atoms. The number of nitrogens with one attached hydrogen (secondary N) is 1. The minimum Gasteiger partial charge on any atom is -0.350 e. The van der Waals surface area contributed by atoms with Crippen LogP contribution in [0.15, 0.2) is 54.6 Å². The molecule has 1 aliphatic heterocycles. The SMILES string of the molecule is Cc1cc2ccccc2n1CC(=O)NCc1cccc(CN2CCN(C)CC2)c1. The first-order valence-electron chi connectivity index (χ1n) is 10.4. The van der Waals surface area contributed by atoms with Crippen LogP contribution in [-0.2, 0) is 24.4 Å². The van der Waals surface area contributed by atoms with Crippen LogP contribution in [0.5, 0.6) is 0 Å². The quantitative estimate of drug-likeness (QED) is 0.703. The second kappa shape index (κ2) is 8.80. The van der Waals surface area contributed by atoms with Gasteiger partial charge in [0.15, 0.2) is 0 Å². The van der Waals surface area contributed by atoms with Crippen LogP contribution in [0.1, 0.15) is 16.8 Å². The minimum absolute atomic E-state index is 0.0407. The first-order valence-corrected chi connectivity index (χ1v) is 10.4. The number of fused-ring (bicyclic) bond motifs is 1. The van der Waals surface area contributed by atoms with Crippen molar-refractivity contribution in [2.75, 3.05) is 33.2 Å². The van der Waals surface area contributed by atoms with Gasteiger partial charge in [-0.3, -0.25) is 9.69 Å². The molecule has 5 nitrogen and oxygen atoms in total. The van der Waals surface area contributed by atoms with E-state index in [2.05, 4.69) is 76.1 Å². The Labute approximate surface area is 172 Å². The first kappa shape index (κ1) is 19.7. The number of aromatic nitrogens is 1. The molecule has 1 N–H and O–H groups in total. The molecule has 1 aliphatic rings. The molecule has 2 aromatic carbocycles. The van der Waals surface area contributed by atoms with Crippen LogP contribution in [0.25, 0.3) is 10.9 Å². The second-order valence-electron chi connectivity index (χ2n) is 8.11. The lowest BCUT2D eigenvalue weighted by Crippen LogP contribution is -2.43. The Kier molecular flexibility index (Phi) is 5.97. The van der Waals surface area contributed by atoms with Crippen molar-refractivity contribution >= 4 is 16.8 Å². The average Bonchev–Trinajstić information content (AvgIpc) is 3.04. The van der Waals surface area contributed by atoms with Crippen LogP contribution in [0, 0.1) is 6.92 Å². The molecule has 2 heterocycles. The summed E-state index contributed by atoms with van der Waals surface area (Å²) < 4.78 is 2.08. The Morgan fingerprint density at radius 3 is 2.55 bits per heavy atom. The highest BCUT2D eigenvalue weighted by Crippen LogP contribution is 2.19. The monoisotopic (exact) mass is 390 g/mol. The van der Waals surface area contributed by atoms with Crippen LogP contribution in [0.4, 0.5) is 0 Å². The largest absolute Gasteiger partial charge is 0.350 e. The Bertz CT molecular complexity index is 985. The van der Waals surface area contributed by atoms with E-state index in [1.807, 2.05) is 12.1 Å². The second-order valence-corrected chi connectivity index (χ2v) is 8.11. The fourth-order valence-electron chi connectivity index (χ4n) is 4.06. The third-order valence-electron chi connectivity index (χ3n) is 5.80. The fraction of sp³-hybridized carbons (Fsp3) is 0.375. The highest BCUT2D eigenvalue weighted by Gasteiger charge is 2.14. The number of likely N-dealkylation sites (N-methyl/N-ethyl adjacent to an activating group) is 1. The molecule has 3 aromatic rings. The van der Waals surface area contributed by atoms with Gasteiger partial charge in [-0.1, -0.05) is 42.5 Å². The molecule has 0 atom stereocenters. The number of hydrogen-bond donors (Lipinski definition) is 1. The van der Waals surface area contributed by atoms with Gasteiger partial charge in [-0.2, -0.15) is 0 Å². The van der Waals surface area contributed by atoms with E-state index in [9.17, 15) is 4.79 Å². The summed E-state index contributed by atoms with van der Waals surface area (Å²) in [5, 5.41) is 4.26. The number of aryl methyl sites for hydroxylation is 1. The van der Waals surface area contributed by atoms with E-state index in [-0.39, 0.29) is 5.91 Å². The first-order chi connectivity index (χ1) is 14.1. The molecule has 0 unspecified atom stereocenters. The summed E-state index contributed by atoms with van der Waals surface area (Å²) >= 11 is 0. The lowest BCUT2D eigenvalue weighted by Gasteiger charge is -2.32. The van der Waals surface area contributed by atoms with Crippen molar-refractivity contribution in [3.05, 3.63) is 71.4 Å². The van der Waals surface area contributed by atoms with Gasteiger partial charge in [0.2, 0.25) is 5.91 Å². The lowest BCUT2D eigenvalue weighted by molar-refractivity contribution is -0.121. The molecule has 152 valence electrons. The Morgan fingerprint density at radius 1 is 0.966 bits per heavy atom. The number of nitrogens with zero attached hydrogens (tertiary/aromatic N) is 3. The standard InChI is InChI=1S/C24H30N4O/c1-19-14-22-8-3-4-9-23(22)28(19)18-24(29)25-16-20-6-5-7-21(15-20)17-27-12-10-26(2)11-13-27/h3-9,14-15H,10-13,16-18H2,1-2H3,(H,25,29). The summed E-state index contributed by atoms with van der Waals surface area (Å²) in [6, 6.07) is 18.9. The summed E-state index contributed by atoms with van der Waals surface area (Å²) in [7, 11) is 2.18. The number of para-hydroxylation sites is 1. The topological polar surface area (TPSA) is 40.5 Å². The Morgan fingerprint density at radius 2 is 1.72 bits per heavy atom. The van der Waals surface area contributed by atoms with Crippen LogP contribution < -0.4 is 5.32 Å². The van der Waals surface area contributed by atoms with Gasteiger partial charge in [-0.15, -0.1) is 0 Å². The van der Waals surface area contributed by atoms with Gasteiger partial charge in [0, 0.05) is 50.5 Å². The number of carbonyl (C=O) groups excluding carboxylic acids is 1. The maximum absolute atomic E-state index is 12.6. The zero-order valence-electron chi connectivity index (χ0n) is 17.4. The van der Waals surface area contributed by atoms with E-state index in [0.717, 1.165) is 49.5 Å². The molecular formula is C24H30N4O. The van der Waals surface area contributed by atoms with Crippen molar-refractivity contribution in [3.63, 3.8) is 0 Å². The number of benzene rings is 2. The third-order valence-corrected chi connectivity index (χ3v) is 5.80. The van der Waals surface area contributed by atoms with Crippen molar-refractivity contribution in [1.29, 1.82) is 0 Å². The number of amides is 1. The highest BCUT2D eigenvalue weighted by atomic mass is 16.1. The summed E-state index contributed by atoms with van der Waals surface area (Å²) in [4.78, 5) is 17.4. The summed E-state index contributed by atoms with van der Waals surface area (Å²) in [5.74, 6) is 0.0407.